The second-order valence-corrected chi connectivity index (χ2v) is 8.39. The van der Waals surface area contributed by atoms with Crippen LogP contribution in [-0.2, 0) is 26.5 Å². The SMILES string of the molecule is C[C@H]1C(=O)N(OCc2ccccc2)[C@@H]2c3cc(Br)ccc3OS(=O)(=O)N12. The summed E-state index contributed by atoms with van der Waals surface area (Å²) in [6, 6.07) is 13.4. The number of carbonyl (C=O) groups excluding carboxylic acids is 1. The second kappa shape index (κ2) is 6.34. The van der Waals surface area contributed by atoms with E-state index in [1.807, 2.05) is 30.3 Å². The van der Waals surface area contributed by atoms with Gasteiger partial charge in [0, 0.05) is 10.0 Å². The summed E-state index contributed by atoms with van der Waals surface area (Å²) in [5.41, 5.74) is 1.41. The van der Waals surface area contributed by atoms with Gasteiger partial charge in [-0.15, -0.1) is 4.31 Å². The first-order valence-corrected chi connectivity index (χ1v) is 10.1. The molecule has 0 saturated carbocycles. The number of rotatable bonds is 3. The molecule has 0 radical (unpaired) electrons. The van der Waals surface area contributed by atoms with Gasteiger partial charge >= 0.3 is 10.3 Å². The Morgan fingerprint density at radius 2 is 1.92 bits per heavy atom. The van der Waals surface area contributed by atoms with Crippen molar-refractivity contribution in [3.63, 3.8) is 0 Å². The summed E-state index contributed by atoms with van der Waals surface area (Å²) in [6.45, 7) is 1.67. The maximum absolute atomic E-state index is 12.7. The van der Waals surface area contributed by atoms with Gasteiger partial charge in [-0.3, -0.25) is 9.63 Å². The Bertz CT molecular complexity index is 966. The number of hydrogen-bond donors (Lipinski definition) is 0. The highest BCUT2D eigenvalue weighted by Crippen LogP contribution is 2.46. The van der Waals surface area contributed by atoms with Gasteiger partial charge in [-0.2, -0.15) is 13.5 Å². The monoisotopic (exact) mass is 438 g/mol. The predicted molar refractivity (Wildman–Crippen MR) is 95.8 cm³/mol. The molecule has 9 heteroatoms. The van der Waals surface area contributed by atoms with E-state index < -0.39 is 28.4 Å². The van der Waals surface area contributed by atoms with E-state index in [4.69, 9.17) is 9.02 Å². The number of hydroxylamine groups is 2. The molecule has 7 nitrogen and oxygen atoms in total. The van der Waals surface area contributed by atoms with Gasteiger partial charge in [-0.05, 0) is 30.7 Å². The number of amides is 1. The lowest BCUT2D eigenvalue weighted by Crippen LogP contribution is -2.43. The summed E-state index contributed by atoms with van der Waals surface area (Å²) in [5, 5.41) is 1.13. The zero-order chi connectivity index (χ0) is 18.5. The number of fused-ring (bicyclic) bond motifs is 3. The molecule has 0 bridgehead atoms. The van der Waals surface area contributed by atoms with Crippen molar-refractivity contribution in [1.82, 2.24) is 9.37 Å². The van der Waals surface area contributed by atoms with E-state index >= 15 is 0 Å². The number of carbonyl (C=O) groups is 1. The molecule has 2 heterocycles. The molecule has 1 fully saturated rings. The fraction of sp³-hybridized carbons (Fsp3) is 0.235. The molecule has 2 aromatic carbocycles. The molecule has 2 aliphatic rings. The van der Waals surface area contributed by atoms with Crippen molar-refractivity contribution in [1.29, 1.82) is 0 Å². The zero-order valence-electron chi connectivity index (χ0n) is 13.7. The van der Waals surface area contributed by atoms with Gasteiger partial charge in [0.25, 0.3) is 5.91 Å². The molecule has 2 atom stereocenters. The molecule has 1 amide bonds. The van der Waals surface area contributed by atoms with Crippen molar-refractivity contribution in [3.8, 4) is 5.75 Å². The number of halogens is 1. The van der Waals surface area contributed by atoms with Crippen molar-refractivity contribution in [3.05, 3.63) is 64.1 Å². The lowest BCUT2D eigenvalue weighted by molar-refractivity contribution is -0.201. The normalized spacial score (nSPS) is 24.1. The lowest BCUT2D eigenvalue weighted by Gasteiger charge is -2.34. The highest BCUT2D eigenvalue weighted by Gasteiger charge is 2.56. The Labute approximate surface area is 159 Å². The van der Waals surface area contributed by atoms with Crippen molar-refractivity contribution in [2.24, 2.45) is 0 Å². The average molecular weight is 439 g/mol. The molecule has 1 saturated heterocycles. The quantitative estimate of drug-likeness (QED) is 0.736. The van der Waals surface area contributed by atoms with Crippen molar-refractivity contribution < 1.29 is 22.2 Å². The lowest BCUT2D eigenvalue weighted by atomic mass is 10.1. The Hall–Kier alpha value is -1.94. The van der Waals surface area contributed by atoms with Crippen LogP contribution in [-0.4, -0.2) is 29.7 Å². The number of hydrogen-bond acceptors (Lipinski definition) is 5. The molecule has 0 unspecified atom stereocenters. The average Bonchev–Trinajstić information content (AvgIpc) is 2.87. The van der Waals surface area contributed by atoms with E-state index in [-0.39, 0.29) is 12.4 Å². The molecule has 0 aromatic heterocycles. The summed E-state index contributed by atoms with van der Waals surface area (Å²) in [6.07, 6.45) is -0.910. The fourth-order valence-corrected chi connectivity index (χ4v) is 4.88. The minimum atomic E-state index is -4.11. The number of benzene rings is 2. The van der Waals surface area contributed by atoms with Gasteiger partial charge in [0.15, 0.2) is 11.9 Å². The van der Waals surface area contributed by atoms with Crippen LogP contribution in [0.25, 0.3) is 0 Å². The van der Waals surface area contributed by atoms with Gasteiger partial charge < -0.3 is 4.18 Å². The third-order valence-electron chi connectivity index (χ3n) is 4.34. The van der Waals surface area contributed by atoms with Gasteiger partial charge in [-0.1, -0.05) is 46.3 Å². The van der Waals surface area contributed by atoms with E-state index in [0.717, 1.165) is 19.4 Å². The third kappa shape index (κ3) is 2.81. The Morgan fingerprint density at radius 3 is 2.65 bits per heavy atom. The van der Waals surface area contributed by atoms with Crippen LogP contribution in [0.5, 0.6) is 5.75 Å². The topological polar surface area (TPSA) is 76.1 Å². The van der Waals surface area contributed by atoms with Crippen LogP contribution in [0.2, 0.25) is 0 Å². The van der Waals surface area contributed by atoms with Crippen LogP contribution >= 0.6 is 15.9 Å². The molecule has 2 aliphatic heterocycles. The summed E-state index contributed by atoms with van der Waals surface area (Å²) in [5.74, 6) is -0.254. The standard InChI is InChI=1S/C17H15BrN2O5S/c1-11-17(21)19(24-10-12-5-3-2-4-6-12)16-14-9-13(18)7-8-15(14)25-26(22,23)20(11)16/h2-9,11,16H,10H2,1H3/t11-,16-/m0/s1. The maximum atomic E-state index is 12.7. The maximum Gasteiger partial charge on any atom is 0.388 e. The summed E-state index contributed by atoms with van der Waals surface area (Å²) >= 11 is 3.37. The van der Waals surface area contributed by atoms with E-state index in [9.17, 15) is 13.2 Å². The van der Waals surface area contributed by atoms with E-state index in [1.54, 1.807) is 18.2 Å². The van der Waals surface area contributed by atoms with Gasteiger partial charge in [0.05, 0.1) is 0 Å². The van der Waals surface area contributed by atoms with Crippen LogP contribution in [0.15, 0.2) is 53.0 Å². The number of nitrogens with zero attached hydrogens (tertiary/aromatic N) is 2. The molecule has 136 valence electrons. The van der Waals surface area contributed by atoms with Crippen LogP contribution in [0, 0.1) is 0 Å². The van der Waals surface area contributed by atoms with Crippen molar-refractivity contribution in [2.75, 3.05) is 0 Å². The molecule has 4 rings (SSSR count). The van der Waals surface area contributed by atoms with E-state index in [0.29, 0.717) is 5.56 Å². The third-order valence-corrected chi connectivity index (χ3v) is 6.25. The first kappa shape index (κ1) is 17.5. The van der Waals surface area contributed by atoms with Gasteiger partial charge in [-0.25, -0.2) is 0 Å². The van der Waals surface area contributed by atoms with E-state index in [2.05, 4.69) is 15.9 Å². The van der Waals surface area contributed by atoms with Crippen LogP contribution < -0.4 is 4.18 Å². The van der Waals surface area contributed by atoms with Gasteiger partial charge in [0.1, 0.15) is 12.6 Å². The summed E-state index contributed by atoms with van der Waals surface area (Å²) < 4.78 is 32.0. The molecule has 26 heavy (non-hydrogen) atoms. The molecule has 0 aliphatic carbocycles. The molecule has 0 spiro atoms. The Morgan fingerprint density at radius 1 is 1.19 bits per heavy atom. The largest absolute Gasteiger partial charge is 0.388 e. The van der Waals surface area contributed by atoms with Crippen LogP contribution in [0.4, 0.5) is 0 Å². The Kier molecular flexibility index (Phi) is 4.26. The molecular formula is C17H15BrN2O5S. The fourth-order valence-electron chi connectivity index (χ4n) is 3.11. The minimum absolute atomic E-state index is 0.147. The Balaban J connectivity index is 1.74. The van der Waals surface area contributed by atoms with E-state index in [1.165, 1.54) is 6.92 Å². The molecule has 0 N–H and O–H groups in total. The molecule has 2 aromatic rings. The van der Waals surface area contributed by atoms with Crippen LogP contribution in [0.3, 0.4) is 0 Å². The second-order valence-electron chi connectivity index (χ2n) is 6.03. The smallest absolute Gasteiger partial charge is 0.370 e. The zero-order valence-corrected chi connectivity index (χ0v) is 16.1. The van der Waals surface area contributed by atoms with Crippen molar-refractivity contribution >= 4 is 32.1 Å². The summed E-state index contributed by atoms with van der Waals surface area (Å²) in [7, 11) is -4.11. The van der Waals surface area contributed by atoms with Crippen LogP contribution in [0.1, 0.15) is 24.2 Å². The van der Waals surface area contributed by atoms with Crippen molar-refractivity contribution in [2.45, 2.75) is 25.7 Å². The summed E-state index contributed by atoms with van der Waals surface area (Å²) in [4.78, 5) is 18.4. The molecular weight excluding hydrogens is 424 g/mol. The first-order chi connectivity index (χ1) is 12.4. The minimum Gasteiger partial charge on any atom is -0.370 e. The predicted octanol–water partition coefficient (Wildman–Crippen LogP) is 2.75. The highest BCUT2D eigenvalue weighted by atomic mass is 79.9. The van der Waals surface area contributed by atoms with Gasteiger partial charge in [0.2, 0.25) is 0 Å². The first-order valence-electron chi connectivity index (χ1n) is 7.91. The highest BCUT2D eigenvalue weighted by molar-refractivity contribution is 9.10.